The number of hydrogen-bond acceptors (Lipinski definition) is 3. The first kappa shape index (κ1) is 16.3. The number of carboxylic acid groups (broad SMARTS) is 1. The van der Waals surface area contributed by atoms with E-state index in [1.165, 1.54) is 11.9 Å². The molecule has 1 aliphatic heterocycles. The van der Waals surface area contributed by atoms with E-state index in [-0.39, 0.29) is 18.4 Å². The molecule has 7 heteroatoms. The number of carbonyl (C=O) groups excluding carboxylic acids is 2. The third-order valence-corrected chi connectivity index (χ3v) is 3.39. The van der Waals surface area contributed by atoms with Gasteiger partial charge in [-0.25, -0.2) is 9.59 Å². The van der Waals surface area contributed by atoms with Crippen molar-refractivity contribution in [2.24, 2.45) is 5.92 Å². The first-order valence-electron chi connectivity index (χ1n) is 6.85. The van der Waals surface area contributed by atoms with Gasteiger partial charge in [-0.3, -0.25) is 4.79 Å². The van der Waals surface area contributed by atoms with Gasteiger partial charge in [0.25, 0.3) is 0 Å². The molecule has 1 fully saturated rings. The lowest BCUT2D eigenvalue weighted by atomic mass is 10.1. The average Bonchev–Trinajstić information content (AvgIpc) is 2.88. The van der Waals surface area contributed by atoms with Crippen molar-refractivity contribution in [1.82, 2.24) is 15.1 Å². The second-order valence-electron chi connectivity index (χ2n) is 5.45. The van der Waals surface area contributed by atoms with Crippen molar-refractivity contribution in [1.29, 1.82) is 0 Å². The monoisotopic (exact) mass is 285 g/mol. The minimum absolute atomic E-state index is 0.0315. The molecule has 0 aromatic carbocycles. The number of aliphatic carboxylic acids is 1. The van der Waals surface area contributed by atoms with Crippen LogP contribution in [0.25, 0.3) is 0 Å². The second-order valence-corrected chi connectivity index (χ2v) is 5.45. The molecule has 0 aliphatic carbocycles. The van der Waals surface area contributed by atoms with Crippen LogP contribution < -0.4 is 5.32 Å². The fourth-order valence-electron chi connectivity index (χ4n) is 2.10. The number of likely N-dealkylation sites (N-methyl/N-ethyl adjacent to an activating group) is 1. The molecule has 7 nitrogen and oxygen atoms in total. The predicted molar refractivity (Wildman–Crippen MR) is 73.2 cm³/mol. The van der Waals surface area contributed by atoms with Crippen LogP contribution in [-0.2, 0) is 9.59 Å². The number of carbonyl (C=O) groups is 3. The number of hydrogen-bond donors (Lipinski definition) is 2. The number of likely N-dealkylation sites (tertiary alicyclic amines) is 1. The Bertz CT molecular complexity index is 378. The van der Waals surface area contributed by atoms with Crippen LogP contribution in [0.2, 0.25) is 0 Å². The lowest BCUT2D eigenvalue weighted by Crippen LogP contribution is -2.51. The second kappa shape index (κ2) is 7.12. The van der Waals surface area contributed by atoms with Crippen molar-refractivity contribution < 1.29 is 19.5 Å². The molecule has 0 saturated carbocycles. The zero-order chi connectivity index (χ0) is 15.3. The van der Waals surface area contributed by atoms with Crippen molar-refractivity contribution in [3.63, 3.8) is 0 Å². The van der Waals surface area contributed by atoms with Crippen molar-refractivity contribution in [3.8, 4) is 0 Å². The van der Waals surface area contributed by atoms with E-state index < -0.39 is 18.0 Å². The van der Waals surface area contributed by atoms with Gasteiger partial charge >= 0.3 is 12.0 Å². The number of urea groups is 1. The Hall–Kier alpha value is -1.79. The van der Waals surface area contributed by atoms with E-state index in [0.717, 1.165) is 25.9 Å². The normalized spacial score (nSPS) is 16.1. The van der Waals surface area contributed by atoms with E-state index in [1.807, 2.05) is 0 Å². The molecule has 0 radical (unpaired) electrons. The van der Waals surface area contributed by atoms with E-state index in [9.17, 15) is 14.4 Å². The summed E-state index contributed by atoms with van der Waals surface area (Å²) in [5.41, 5.74) is 0. The molecule has 1 unspecified atom stereocenters. The van der Waals surface area contributed by atoms with Crippen LogP contribution in [0.1, 0.15) is 26.7 Å². The smallest absolute Gasteiger partial charge is 0.326 e. The van der Waals surface area contributed by atoms with Crippen molar-refractivity contribution in [2.45, 2.75) is 32.7 Å². The standard InChI is InChI=1S/C13H23N3O4/c1-9(2)11(12(18)19)14-13(20)15(3)8-10(17)16-6-4-5-7-16/h9,11H,4-8H2,1-3H3,(H,14,20)(H,18,19). The maximum Gasteiger partial charge on any atom is 0.326 e. The molecule has 1 rings (SSSR count). The summed E-state index contributed by atoms with van der Waals surface area (Å²) in [5.74, 6) is -1.40. The Morgan fingerprint density at radius 1 is 1.25 bits per heavy atom. The summed E-state index contributed by atoms with van der Waals surface area (Å²) < 4.78 is 0. The zero-order valence-electron chi connectivity index (χ0n) is 12.3. The highest BCUT2D eigenvalue weighted by atomic mass is 16.4. The summed E-state index contributed by atoms with van der Waals surface area (Å²) in [4.78, 5) is 37.8. The van der Waals surface area contributed by atoms with Crippen LogP contribution in [0.3, 0.4) is 0 Å². The van der Waals surface area contributed by atoms with Gasteiger partial charge < -0.3 is 20.2 Å². The third-order valence-electron chi connectivity index (χ3n) is 3.39. The van der Waals surface area contributed by atoms with Gasteiger partial charge in [0.15, 0.2) is 0 Å². The predicted octanol–water partition coefficient (Wildman–Crippen LogP) is 0.359. The Kier molecular flexibility index (Phi) is 5.79. The van der Waals surface area contributed by atoms with E-state index in [4.69, 9.17) is 5.11 Å². The van der Waals surface area contributed by atoms with Crippen LogP contribution >= 0.6 is 0 Å². The Morgan fingerprint density at radius 3 is 2.25 bits per heavy atom. The number of amides is 3. The highest BCUT2D eigenvalue weighted by molar-refractivity contribution is 5.86. The lowest BCUT2D eigenvalue weighted by Gasteiger charge is -2.24. The molecule has 1 heterocycles. The fourth-order valence-corrected chi connectivity index (χ4v) is 2.10. The maximum atomic E-state index is 11.9. The molecular weight excluding hydrogens is 262 g/mol. The van der Waals surface area contributed by atoms with Gasteiger partial charge in [0.2, 0.25) is 5.91 Å². The molecule has 114 valence electrons. The minimum Gasteiger partial charge on any atom is -0.480 e. The molecule has 2 N–H and O–H groups in total. The van der Waals surface area contributed by atoms with Gasteiger partial charge in [-0.15, -0.1) is 0 Å². The summed E-state index contributed by atoms with van der Waals surface area (Å²) in [5, 5.41) is 11.4. The fraction of sp³-hybridized carbons (Fsp3) is 0.769. The quantitative estimate of drug-likeness (QED) is 0.763. The summed E-state index contributed by atoms with van der Waals surface area (Å²) >= 11 is 0. The van der Waals surface area contributed by atoms with Gasteiger partial charge in [-0.2, -0.15) is 0 Å². The van der Waals surface area contributed by atoms with Gasteiger partial charge in [0.1, 0.15) is 12.6 Å². The molecular formula is C13H23N3O4. The number of carboxylic acids is 1. The zero-order valence-corrected chi connectivity index (χ0v) is 12.3. The SMILES string of the molecule is CC(C)C(NC(=O)N(C)CC(=O)N1CCCC1)C(=O)O. The Balaban J connectivity index is 2.49. The Labute approximate surface area is 118 Å². The highest BCUT2D eigenvalue weighted by Crippen LogP contribution is 2.08. The topological polar surface area (TPSA) is 90.0 Å². The van der Waals surface area contributed by atoms with Crippen molar-refractivity contribution >= 4 is 17.9 Å². The summed E-state index contributed by atoms with van der Waals surface area (Å²) in [6, 6.07) is -1.49. The van der Waals surface area contributed by atoms with Crippen molar-refractivity contribution in [3.05, 3.63) is 0 Å². The van der Waals surface area contributed by atoms with Gasteiger partial charge in [-0.1, -0.05) is 13.8 Å². The molecule has 1 aliphatic rings. The summed E-state index contributed by atoms with van der Waals surface area (Å²) in [6.07, 6.45) is 1.99. The molecule has 0 bridgehead atoms. The average molecular weight is 285 g/mol. The number of nitrogens with one attached hydrogen (secondary N) is 1. The van der Waals surface area contributed by atoms with Crippen LogP contribution in [0.15, 0.2) is 0 Å². The van der Waals surface area contributed by atoms with Crippen LogP contribution in [0, 0.1) is 5.92 Å². The van der Waals surface area contributed by atoms with E-state index in [2.05, 4.69) is 5.32 Å². The first-order valence-corrected chi connectivity index (χ1v) is 6.85. The van der Waals surface area contributed by atoms with Gasteiger partial charge in [0.05, 0.1) is 0 Å². The molecule has 0 spiro atoms. The van der Waals surface area contributed by atoms with Gasteiger partial charge in [0, 0.05) is 20.1 Å². The van der Waals surface area contributed by atoms with E-state index in [0.29, 0.717) is 0 Å². The van der Waals surface area contributed by atoms with E-state index >= 15 is 0 Å². The molecule has 0 aromatic heterocycles. The number of nitrogens with zero attached hydrogens (tertiary/aromatic N) is 2. The molecule has 0 aromatic rings. The third kappa shape index (κ3) is 4.40. The van der Waals surface area contributed by atoms with E-state index in [1.54, 1.807) is 18.7 Å². The molecule has 1 atom stereocenters. The largest absolute Gasteiger partial charge is 0.480 e. The lowest BCUT2D eigenvalue weighted by molar-refractivity contribution is -0.140. The summed E-state index contributed by atoms with van der Waals surface area (Å²) in [7, 11) is 1.49. The van der Waals surface area contributed by atoms with Crippen LogP contribution in [-0.4, -0.2) is 65.5 Å². The molecule has 3 amide bonds. The first-order chi connectivity index (χ1) is 9.32. The van der Waals surface area contributed by atoms with Crippen LogP contribution in [0.4, 0.5) is 4.79 Å². The Morgan fingerprint density at radius 2 is 1.80 bits per heavy atom. The molecule has 1 saturated heterocycles. The highest BCUT2D eigenvalue weighted by Gasteiger charge is 2.26. The van der Waals surface area contributed by atoms with Gasteiger partial charge in [-0.05, 0) is 18.8 Å². The minimum atomic E-state index is -1.08. The van der Waals surface area contributed by atoms with Crippen LogP contribution in [0.5, 0.6) is 0 Å². The number of rotatable bonds is 5. The maximum absolute atomic E-state index is 11.9. The van der Waals surface area contributed by atoms with Crippen molar-refractivity contribution in [2.75, 3.05) is 26.7 Å². The molecule has 20 heavy (non-hydrogen) atoms. The summed E-state index contributed by atoms with van der Waals surface area (Å²) in [6.45, 7) is 4.87.